The van der Waals surface area contributed by atoms with Gasteiger partial charge in [0.05, 0.1) is 6.10 Å². The number of carbonyl (C=O) groups is 2. The molecule has 7 atom stereocenters. The van der Waals surface area contributed by atoms with E-state index in [4.69, 9.17) is 19.4 Å². The molecule has 2 saturated carbocycles. The van der Waals surface area contributed by atoms with Gasteiger partial charge in [-0.1, -0.05) is 62.7 Å². The summed E-state index contributed by atoms with van der Waals surface area (Å²) in [6.07, 6.45) is 7.66. The van der Waals surface area contributed by atoms with Crippen molar-refractivity contribution in [3.63, 3.8) is 0 Å². The van der Waals surface area contributed by atoms with Gasteiger partial charge in [0.15, 0.2) is 0 Å². The summed E-state index contributed by atoms with van der Waals surface area (Å²) >= 11 is -1.37. The Morgan fingerprint density at radius 2 is 1.46 bits per heavy atom. The Kier molecular flexibility index (Phi) is 18.8. The number of rotatable bonds is 17. The van der Waals surface area contributed by atoms with Crippen molar-refractivity contribution < 1.29 is 63.8 Å². The van der Waals surface area contributed by atoms with Gasteiger partial charge < -0.3 is 28.9 Å². The number of carboxylic acid groups (broad SMARTS) is 1. The fraction of sp³-hybridized carbons (Fsp3) is 0.826. The van der Waals surface area contributed by atoms with Crippen LogP contribution in [0.5, 0.6) is 5.75 Å². The number of ether oxygens (including phenoxy) is 2. The first kappa shape index (κ1) is 51.6. The summed E-state index contributed by atoms with van der Waals surface area (Å²) in [6.45, 7) is 6.36. The van der Waals surface area contributed by atoms with Crippen LogP contribution in [0.3, 0.4) is 0 Å². The molecule has 3 aliphatic carbocycles. The number of carbonyl (C=O) groups excluding carboxylic acids is 1. The van der Waals surface area contributed by atoms with E-state index in [1.54, 1.807) is 0 Å². The minimum atomic E-state index is -5.55. The minimum absolute atomic E-state index is 0.115. The second-order valence-corrected chi connectivity index (χ2v) is 20.6. The van der Waals surface area contributed by atoms with Gasteiger partial charge in [-0.15, -0.1) is 0 Å². The highest BCUT2D eigenvalue weighted by Crippen LogP contribution is 2.63. The molecule has 2 aliphatic heterocycles. The minimum Gasteiger partial charge on any atom is -0.616 e. The van der Waals surface area contributed by atoms with E-state index in [-0.39, 0.29) is 17.3 Å². The van der Waals surface area contributed by atoms with Crippen molar-refractivity contribution in [1.29, 1.82) is 0 Å². The second kappa shape index (κ2) is 22.9. The first-order valence-corrected chi connectivity index (χ1v) is 24.7. The number of hydrogen-bond acceptors (Lipinski definition) is 6. The van der Waals surface area contributed by atoms with Crippen LogP contribution in [-0.4, -0.2) is 107 Å². The molecule has 8 nitrogen and oxygen atoms in total. The first-order valence-electron chi connectivity index (χ1n) is 23.2. The monoisotopic (exact) mass is 928 g/mol. The Hall–Kier alpha value is -2.37. The molecule has 2 saturated heterocycles. The third kappa shape index (κ3) is 13.8. The summed E-state index contributed by atoms with van der Waals surface area (Å²) in [4.78, 5) is 26.8. The fourth-order valence-electron chi connectivity index (χ4n) is 11.6. The van der Waals surface area contributed by atoms with Crippen LogP contribution < -0.4 is 4.74 Å². The van der Waals surface area contributed by atoms with Crippen molar-refractivity contribution in [1.82, 2.24) is 9.80 Å². The molecule has 360 valence electrons. The molecule has 1 aromatic carbocycles. The predicted octanol–water partition coefficient (Wildman–Crippen LogP) is 11.7. The Bertz CT molecular complexity index is 1600. The van der Waals surface area contributed by atoms with Gasteiger partial charge in [0, 0.05) is 32.7 Å². The maximum atomic E-state index is 13.4. The standard InChI is InChI=1S/C44H67F5N2O4S.C2HF3O2/c1-42-23-19-37-36-16-15-35(55-41(52)51-26-20-34(21-27-51)50-24-10-8-11-25-50)31-33(36)30-32(40(37)38(42)17-18-39(42)54-2)14-9-6-4-3-5-7-12-28-56(53)29-13-22-43(45,46)44(47,48)49;3-2(4,5)1(6)7/h15-16,31-32,34,37-40H,3-14,17-30H2,1-2H3;(H,6,7)/t32-,37-,38+,39+,40-,42+,56?;/m1./s1. The first-order chi connectivity index (χ1) is 29.7. The van der Waals surface area contributed by atoms with Crippen LogP contribution in [0.2, 0.25) is 0 Å². The van der Waals surface area contributed by atoms with Gasteiger partial charge in [0.2, 0.25) is 0 Å². The lowest BCUT2D eigenvalue weighted by Crippen LogP contribution is -2.48. The summed E-state index contributed by atoms with van der Waals surface area (Å²) < 4.78 is 119. The summed E-state index contributed by atoms with van der Waals surface area (Å²) in [5.41, 5.74) is 3.01. The molecule has 4 fully saturated rings. The molecule has 0 radical (unpaired) electrons. The molecule has 0 spiro atoms. The molecule has 5 aliphatic rings. The van der Waals surface area contributed by atoms with E-state index in [0.717, 1.165) is 83.7 Å². The lowest BCUT2D eigenvalue weighted by atomic mass is 9.52. The Balaban J connectivity index is 0.000000985. The Morgan fingerprint density at radius 3 is 2.08 bits per heavy atom. The number of amides is 1. The van der Waals surface area contributed by atoms with Crippen molar-refractivity contribution in [2.75, 3.05) is 44.8 Å². The Morgan fingerprint density at radius 1 is 0.841 bits per heavy atom. The second-order valence-electron chi connectivity index (χ2n) is 18.9. The van der Waals surface area contributed by atoms with Crippen molar-refractivity contribution in [3.05, 3.63) is 29.3 Å². The van der Waals surface area contributed by atoms with Crippen molar-refractivity contribution in [2.45, 2.75) is 172 Å². The van der Waals surface area contributed by atoms with Crippen LogP contribution in [-0.2, 0) is 27.1 Å². The molecule has 1 unspecified atom stereocenters. The van der Waals surface area contributed by atoms with Crippen LogP contribution in [0.25, 0.3) is 0 Å². The van der Waals surface area contributed by atoms with E-state index < -0.39 is 48.3 Å². The molecule has 63 heavy (non-hydrogen) atoms. The normalized spacial score (nSPS) is 27.4. The zero-order valence-electron chi connectivity index (χ0n) is 36.9. The van der Waals surface area contributed by atoms with Gasteiger partial charge in [0.25, 0.3) is 0 Å². The number of aliphatic carboxylic acids is 1. The summed E-state index contributed by atoms with van der Waals surface area (Å²) in [7, 11) is 1.88. The molecular formula is C46H68F8N2O6S. The van der Waals surface area contributed by atoms with E-state index in [1.165, 1.54) is 62.7 Å². The van der Waals surface area contributed by atoms with Crippen LogP contribution in [0.4, 0.5) is 39.9 Å². The average molecular weight is 929 g/mol. The number of piperidine rings is 2. The van der Waals surface area contributed by atoms with Crippen molar-refractivity contribution >= 4 is 23.2 Å². The highest BCUT2D eigenvalue weighted by Gasteiger charge is 2.58. The lowest BCUT2D eigenvalue weighted by molar-refractivity contribution is -0.284. The number of carboxylic acids is 1. The summed E-state index contributed by atoms with van der Waals surface area (Å²) in [5.74, 6) is -4.23. The zero-order chi connectivity index (χ0) is 46.0. The average Bonchev–Trinajstić information content (AvgIpc) is 3.58. The van der Waals surface area contributed by atoms with Crippen LogP contribution in [0.15, 0.2) is 18.2 Å². The van der Waals surface area contributed by atoms with E-state index in [0.29, 0.717) is 53.7 Å². The number of nitrogens with zero attached hydrogens (tertiary/aromatic N) is 2. The highest BCUT2D eigenvalue weighted by atomic mass is 32.2. The maximum Gasteiger partial charge on any atom is 0.490 e. The number of benzene rings is 1. The van der Waals surface area contributed by atoms with Gasteiger partial charge in [-0.2, -0.15) is 35.1 Å². The number of methoxy groups -OCH3 is 1. The largest absolute Gasteiger partial charge is 0.616 e. The molecule has 1 aromatic rings. The van der Waals surface area contributed by atoms with Gasteiger partial charge in [0.1, 0.15) is 17.3 Å². The SMILES string of the molecule is CO[C@H]1CC[C@H]2[C@@H]3[C@H](CCCCCCCCC[S+]([O-])CCCC(F)(F)C(F)(F)F)Cc4cc(OC(=O)N5CCC(N6CCCCC6)CC5)ccc4[C@H]3CC[C@]12C.O=C(O)C(F)(F)F. The van der Waals surface area contributed by atoms with Crippen LogP contribution in [0, 0.1) is 23.2 Å². The molecular weight excluding hydrogens is 861 g/mol. The quantitative estimate of drug-likeness (QED) is 0.0943. The molecule has 0 bridgehead atoms. The number of unbranched alkanes of at least 4 members (excludes halogenated alkanes) is 6. The number of alkyl halides is 8. The zero-order valence-corrected chi connectivity index (χ0v) is 37.7. The Labute approximate surface area is 370 Å². The summed E-state index contributed by atoms with van der Waals surface area (Å²) in [5, 5.41) is 7.12. The predicted molar refractivity (Wildman–Crippen MR) is 226 cm³/mol. The molecule has 6 rings (SSSR count). The van der Waals surface area contributed by atoms with Crippen molar-refractivity contribution in [2.24, 2.45) is 23.2 Å². The van der Waals surface area contributed by atoms with E-state index in [1.807, 2.05) is 18.1 Å². The van der Waals surface area contributed by atoms with Gasteiger partial charge in [-0.05, 0) is 149 Å². The van der Waals surface area contributed by atoms with Gasteiger partial charge >= 0.3 is 30.3 Å². The maximum absolute atomic E-state index is 13.4. The van der Waals surface area contributed by atoms with Crippen LogP contribution in [0.1, 0.15) is 146 Å². The topological polar surface area (TPSA) is 102 Å². The fourth-order valence-corrected chi connectivity index (χ4v) is 12.8. The molecule has 0 aromatic heterocycles. The van der Waals surface area contributed by atoms with Gasteiger partial charge in [-0.25, -0.2) is 9.59 Å². The van der Waals surface area contributed by atoms with E-state index in [2.05, 4.69) is 24.0 Å². The third-order valence-electron chi connectivity index (χ3n) is 14.9. The van der Waals surface area contributed by atoms with E-state index >= 15 is 0 Å². The van der Waals surface area contributed by atoms with Gasteiger partial charge in [-0.3, -0.25) is 0 Å². The van der Waals surface area contributed by atoms with Crippen molar-refractivity contribution in [3.8, 4) is 5.75 Å². The number of fused-ring (bicyclic) bond motifs is 5. The molecule has 1 N–H and O–H groups in total. The number of halogens is 8. The number of hydrogen-bond donors (Lipinski definition) is 1. The molecule has 1 amide bonds. The summed E-state index contributed by atoms with van der Waals surface area (Å²) in [6, 6.07) is 7.05. The third-order valence-corrected chi connectivity index (χ3v) is 16.4. The molecule has 17 heteroatoms. The van der Waals surface area contributed by atoms with E-state index in [9.17, 15) is 44.5 Å². The molecule has 2 heterocycles. The number of likely N-dealkylation sites (tertiary alicyclic amines) is 2. The smallest absolute Gasteiger partial charge is 0.490 e. The van der Waals surface area contributed by atoms with Crippen LogP contribution >= 0.6 is 0 Å². The lowest BCUT2D eigenvalue weighted by Gasteiger charge is -2.53. The highest BCUT2D eigenvalue weighted by molar-refractivity contribution is 7.91.